The van der Waals surface area contributed by atoms with E-state index in [0.29, 0.717) is 5.92 Å². The minimum absolute atomic E-state index is 0. The van der Waals surface area contributed by atoms with Crippen molar-refractivity contribution in [3.8, 4) is 0 Å². The first kappa shape index (κ1) is 24.9. The van der Waals surface area contributed by atoms with Gasteiger partial charge in [0.15, 0.2) is 0 Å². The largest absolute Gasteiger partial charge is 1.00 e. The van der Waals surface area contributed by atoms with E-state index in [-0.39, 0.29) is 36.1 Å². The van der Waals surface area contributed by atoms with Crippen LogP contribution in [0, 0.1) is 11.3 Å². The molecular weight excluding hydrogens is 412 g/mol. The van der Waals surface area contributed by atoms with Crippen LogP contribution in [0.5, 0.6) is 0 Å². The Kier molecular flexibility index (Phi) is 10.4. The standard InChI is InChI=1S/C9H13.C5H11NO.C2H7Si.2ClH.Zr/c1-6-5-7(2)9(4)8(6)3;1-5(2,3)4(6)7;1-3-2;;;/h6H,1-4H3;1-3H3,(H2,6,7);3H,1-2H3;2*1H;/q;;;;;+3/p-3. The van der Waals surface area contributed by atoms with Gasteiger partial charge < -0.3 is 24.8 Å². The molecule has 0 fully saturated rings. The molecule has 6 heteroatoms. The zero-order chi connectivity index (χ0) is 15.8. The van der Waals surface area contributed by atoms with Gasteiger partial charge in [-0.3, -0.25) is 0 Å². The first-order chi connectivity index (χ1) is 8.98. The minimum Gasteiger partial charge on any atom is -1.00 e. The molecule has 1 amide bonds. The van der Waals surface area contributed by atoms with Gasteiger partial charge in [-0.25, -0.2) is 0 Å². The first-order valence-electron chi connectivity index (χ1n) is 7.55. The van der Waals surface area contributed by atoms with E-state index in [1.54, 1.807) is 3.28 Å². The van der Waals surface area contributed by atoms with Crippen LogP contribution >= 0.6 is 0 Å². The molecule has 0 aromatic rings. The van der Waals surface area contributed by atoms with Gasteiger partial charge in [-0.1, -0.05) is 0 Å². The zero-order valence-corrected chi connectivity index (χ0v) is 20.4. The summed E-state index contributed by atoms with van der Waals surface area (Å²) in [5.41, 5.74) is 4.18. The zero-order valence-electron chi connectivity index (χ0n) is 15.3. The van der Waals surface area contributed by atoms with Gasteiger partial charge in [-0.15, -0.1) is 0 Å². The molecule has 1 atom stereocenters. The molecule has 22 heavy (non-hydrogen) atoms. The van der Waals surface area contributed by atoms with E-state index in [0.717, 1.165) is 0 Å². The Hall–Kier alpha value is 0.630. The van der Waals surface area contributed by atoms with Gasteiger partial charge >= 0.3 is 134 Å². The molecule has 1 aliphatic carbocycles. The molecular formula is C16H30Cl2NOSiZr. The fourth-order valence-electron chi connectivity index (χ4n) is 2.63. The van der Waals surface area contributed by atoms with Gasteiger partial charge in [-0.2, -0.15) is 0 Å². The molecule has 127 valence electrons. The van der Waals surface area contributed by atoms with E-state index >= 15 is 0 Å². The molecule has 1 aliphatic rings. The summed E-state index contributed by atoms with van der Waals surface area (Å²) in [4.78, 5) is 12.4. The van der Waals surface area contributed by atoms with E-state index in [1.807, 2.05) is 20.8 Å². The molecule has 1 unspecified atom stereocenters. The topological polar surface area (TPSA) is 29.1 Å². The van der Waals surface area contributed by atoms with Gasteiger partial charge in [0, 0.05) is 0 Å². The summed E-state index contributed by atoms with van der Waals surface area (Å²) in [6.07, 6.45) is 0. The van der Waals surface area contributed by atoms with Crippen molar-refractivity contribution < 1.29 is 50.8 Å². The summed E-state index contributed by atoms with van der Waals surface area (Å²) in [6, 6.07) is 0. The van der Waals surface area contributed by atoms with Crippen molar-refractivity contribution in [3.05, 3.63) is 20.0 Å². The van der Waals surface area contributed by atoms with Crippen LogP contribution in [0.4, 0.5) is 0 Å². The third kappa shape index (κ3) is 5.33. The number of halogens is 2. The van der Waals surface area contributed by atoms with Crippen LogP contribution in [0.25, 0.3) is 0 Å². The molecule has 0 aliphatic heterocycles. The van der Waals surface area contributed by atoms with Crippen molar-refractivity contribution >= 4 is 11.8 Å². The number of allylic oxidation sites excluding steroid dienone is 4. The van der Waals surface area contributed by atoms with Gasteiger partial charge in [0.05, 0.1) is 0 Å². The van der Waals surface area contributed by atoms with Crippen molar-refractivity contribution in [2.24, 2.45) is 11.3 Å². The first-order valence-corrected chi connectivity index (χ1v) is 17.2. The molecule has 0 saturated carbocycles. The number of nitrogens with one attached hydrogen (secondary N) is 1. The Morgan fingerprint density at radius 3 is 1.82 bits per heavy atom. The SMILES string of the molecule is CC1=C(C)C(C)[C]([Zr+2]([NH]C(=O)C(C)(C)C)[SiH](C)C)=C1C.[Cl-].[Cl-]. The van der Waals surface area contributed by atoms with Crippen LogP contribution in [-0.4, -0.2) is 11.8 Å². The molecule has 1 rings (SSSR count). The summed E-state index contributed by atoms with van der Waals surface area (Å²) < 4.78 is 5.19. The van der Waals surface area contributed by atoms with Gasteiger partial charge in [0.2, 0.25) is 0 Å². The minimum atomic E-state index is -2.00. The average molecular weight is 443 g/mol. The monoisotopic (exact) mass is 440 g/mol. The third-order valence-corrected chi connectivity index (χ3v) is 21.4. The normalized spacial score (nSPS) is 18.2. The maximum atomic E-state index is 12.4. The predicted octanol–water partition coefficient (Wildman–Crippen LogP) is -2.07. The fourth-order valence-corrected chi connectivity index (χ4v) is 18.8. The number of amides is 1. The van der Waals surface area contributed by atoms with E-state index in [4.69, 9.17) is 0 Å². The van der Waals surface area contributed by atoms with Crippen molar-refractivity contribution in [1.29, 1.82) is 0 Å². The van der Waals surface area contributed by atoms with Crippen LogP contribution < -0.4 is 28.1 Å². The summed E-state index contributed by atoms with van der Waals surface area (Å²) in [5, 5.41) is 0. The van der Waals surface area contributed by atoms with Crippen molar-refractivity contribution in [3.63, 3.8) is 0 Å². The van der Waals surface area contributed by atoms with E-state index in [1.165, 1.54) is 16.7 Å². The van der Waals surface area contributed by atoms with E-state index in [9.17, 15) is 4.79 Å². The van der Waals surface area contributed by atoms with Gasteiger partial charge in [0.1, 0.15) is 0 Å². The molecule has 0 heterocycles. The second-order valence-electron chi connectivity index (χ2n) is 7.34. The fraction of sp³-hybridized carbons (Fsp3) is 0.688. The number of hydrogen-bond acceptors (Lipinski definition) is 1. The van der Waals surface area contributed by atoms with Crippen LogP contribution in [0.1, 0.15) is 48.5 Å². The summed E-state index contributed by atoms with van der Waals surface area (Å²) in [6.45, 7) is 19.9. The van der Waals surface area contributed by atoms with E-state index in [2.05, 4.69) is 44.0 Å². The van der Waals surface area contributed by atoms with Crippen LogP contribution in [0.2, 0.25) is 13.1 Å². The van der Waals surface area contributed by atoms with Gasteiger partial charge in [0.25, 0.3) is 0 Å². The number of rotatable bonds is 3. The molecule has 1 N–H and O–H groups in total. The smallest absolute Gasteiger partial charge is 1.00 e. The molecule has 2 nitrogen and oxygen atoms in total. The number of carbonyl (C=O) groups excluding carboxylic acids is 1. The molecule has 0 radical (unpaired) electrons. The maximum Gasteiger partial charge on any atom is -1.00 e. The molecule has 0 spiro atoms. The Morgan fingerprint density at radius 1 is 1.09 bits per heavy atom. The van der Waals surface area contributed by atoms with Crippen molar-refractivity contribution in [2.45, 2.75) is 61.6 Å². The average Bonchev–Trinajstić information content (AvgIpc) is 2.50. The second kappa shape index (κ2) is 9.20. The number of hydrogen-bond donors (Lipinski definition) is 1. The van der Waals surface area contributed by atoms with Gasteiger partial charge in [-0.05, 0) is 0 Å². The maximum absolute atomic E-state index is 12.4. The summed E-state index contributed by atoms with van der Waals surface area (Å²) >= 11 is -2.00. The van der Waals surface area contributed by atoms with Crippen molar-refractivity contribution in [2.75, 3.05) is 0 Å². The van der Waals surface area contributed by atoms with Crippen molar-refractivity contribution in [1.82, 2.24) is 3.26 Å². The Labute approximate surface area is 158 Å². The van der Waals surface area contributed by atoms with Crippen LogP contribution in [0.15, 0.2) is 20.0 Å². The molecule has 0 aromatic carbocycles. The summed E-state index contributed by atoms with van der Waals surface area (Å²) in [7, 11) is 0. The Balaban J connectivity index is 0. The summed E-state index contributed by atoms with van der Waals surface area (Å²) in [5.74, 6) is -0.0102. The van der Waals surface area contributed by atoms with Crippen LogP contribution in [0.3, 0.4) is 0 Å². The Morgan fingerprint density at radius 2 is 1.55 bits per heavy atom. The molecule has 0 saturated heterocycles. The third-order valence-electron chi connectivity index (χ3n) is 4.44. The molecule has 0 bridgehead atoms. The Bertz CT molecular complexity index is 481. The number of carbonyl (C=O) groups is 1. The predicted molar refractivity (Wildman–Crippen MR) is 86.7 cm³/mol. The second-order valence-corrected chi connectivity index (χ2v) is 25.6. The molecule has 0 aromatic heterocycles. The van der Waals surface area contributed by atoms with E-state index < -0.39 is 27.1 Å². The van der Waals surface area contributed by atoms with Crippen LogP contribution in [-0.2, 0) is 26.0 Å². The quantitative estimate of drug-likeness (QED) is 0.500.